The van der Waals surface area contributed by atoms with Crippen molar-refractivity contribution in [1.82, 2.24) is 4.57 Å². The first-order chi connectivity index (χ1) is 14.9. The molecule has 1 aromatic heterocycles. The highest BCUT2D eigenvalue weighted by Crippen LogP contribution is 2.33. The molecule has 6 heteroatoms. The van der Waals surface area contributed by atoms with Crippen LogP contribution in [0, 0.1) is 26.6 Å². The van der Waals surface area contributed by atoms with E-state index < -0.39 is 0 Å². The molecule has 5 nitrogen and oxygen atoms in total. The number of nitrogens with zero attached hydrogens (tertiary/aromatic N) is 2. The number of ether oxygens (including phenoxy) is 1. The minimum atomic E-state index is -0.279. The first-order valence-electron chi connectivity index (χ1n) is 10.6. The van der Waals surface area contributed by atoms with Crippen molar-refractivity contribution in [2.75, 3.05) is 36.5 Å². The Labute approximate surface area is 182 Å². The summed E-state index contributed by atoms with van der Waals surface area (Å²) in [4.78, 5) is 15.7. The second-order valence-electron chi connectivity index (χ2n) is 8.05. The maximum Gasteiger partial charge on any atom is 0.272 e. The third-order valence-electron chi connectivity index (χ3n) is 5.78. The fourth-order valence-electron chi connectivity index (χ4n) is 4.36. The van der Waals surface area contributed by atoms with Gasteiger partial charge in [0.05, 0.1) is 18.9 Å². The van der Waals surface area contributed by atoms with E-state index in [2.05, 4.69) is 10.2 Å². The van der Waals surface area contributed by atoms with Crippen molar-refractivity contribution in [3.05, 3.63) is 82.4 Å². The molecule has 0 bridgehead atoms. The van der Waals surface area contributed by atoms with E-state index >= 15 is 0 Å². The summed E-state index contributed by atoms with van der Waals surface area (Å²) in [5.41, 5.74) is 6.25. The van der Waals surface area contributed by atoms with Crippen LogP contribution in [0.4, 0.5) is 15.8 Å². The first-order valence-corrected chi connectivity index (χ1v) is 10.6. The van der Waals surface area contributed by atoms with Gasteiger partial charge in [-0.3, -0.25) is 4.79 Å². The summed E-state index contributed by atoms with van der Waals surface area (Å²) >= 11 is 0. The van der Waals surface area contributed by atoms with Gasteiger partial charge in [-0.1, -0.05) is 24.3 Å². The van der Waals surface area contributed by atoms with Crippen molar-refractivity contribution in [2.24, 2.45) is 0 Å². The van der Waals surface area contributed by atoms with Crippen LogP contribution in [-0.2, 0) is 11.3 Å². The molecule has 0 aliphatic carbocycles. The van der Waals surface area contributed by atoms with Gasteiger partial charge in [0.1, 0.15) is 11.5 Å². The van der Waals surface area contributed by atoms with Gasteiger partial charge in [-0.05, 0) is 56.2 Å². The molecule has 162 valence electrons. The summed E-state index contributed by atoms with van der Waals surface area (Å²) in [5.74, 6) is -0.444. The molecule has 0 atom stereocenters. The van der Waals surface area contributed by atoms with E-state index in [1.54, 1.807) is 6.07 Å². The van der Waals surface area contributed by atoms with E-state index in [1.807, 2.05) is 55.7 Å². The lowest BCUT2D eigenvalue weighted by Crippen LogP contribution is -2.36. The van der Waals surface area contributed by atoms with Crippen molar-refractivity contribution in [3.8, 4) is 0 Å². The van der Waals surface area contributed by atoms with Crippen LogP contribution in [0.15, 0.2) is 48.5 Å². The van der Waals surface area contributed by atoms with Crippen LogP contribution in [0.1, 0.15) is 32.9 Å². The predicted molar refractivity (Wildman–Crippen MR) is 122 cm³/mol. The van der Waals surface area contributed by atoms with Gasteiger partial charge in [0, 0.05) is 36.6 Å². The molecule has 0 radical (unpaired) electrons. The molecule has 2 heterocycles. The number of hydrogen-bond acceptors (Lipinski definition) is 3. The average Bonchev–Trinajstić information content (AvgIpc) is 2.98. The Bertz CT molecular complexity index is 1100. The van der Waals surface area contributed by atoms with Crippen LogP contribution in [0.25, 0.3) is 0 Å². The first kappa shape index (κ1) is 21.1. The smallest absolute Gasteiger partial charge is 0.272 e. The number of carbonyl (C=O) groups excluding carboxylic acids is 1. The Kier molecular flexibility index (Phi) is 6.09. The number of carbonyl (C=O) groups is 1. The van der Waals surface area contributed by atoms with Crippen LogP contribution in [-0.4, -0.2) is 36.8 Å². The Morgan fingerprint density at radius 3 is 2.52 bits per heavy atom. The van der Waals surface area contributed by atoms with E-state index in [4.69, 9.17) is 4.74 Å². The lowest BCUT2D eigenvalue weighted by Gasteiger charge is -2.29. The Morgan fingerprint density at radius 1 is 1.06 bits per heavy atom. The highest BCUT2D eigenvalue weighted by atomic mass is 19.1. The maximum absolute atomic E-state index is 13.8. The summed E-state index contributed by atoms with van der Waals surface area (Å²) in [6.45, 7) is 9.33. The lowest BCUT2D eigenvalue weighted by molar-refractivity contribution is 0.101. The molecular formula is C25H28FN3O2. The molecule has 3 aromatic rings. The molecule has 1 fully saturated rings. The second kappa shape index (κ2) is 8.94. The Hall–Kier alpha value is -3.12. The fourth-order valence-corrected chi connectivity index (χ4v) is 4.36. The van der Waals surface area contributed by atoms with Crippen molar-refractivity contribution >= 4 is 17.3 Å². The van der Waals surface area contributed by atoms with Gasteiger partial charge in [-0.25, -0.2) is 4.39 Å². The lowest BCUT2D eigenvalue weighted by atomic mass is 10.1. The summed E-state index contributed by atoms with van der Waals surface area (Å²) in [7, 11) is 0. The average molecular weight is 422 g/mol. The molecule has 0 spiro atoms. The number of benzene rings is 2. The molecule has 1 saturated heterocycles. The molecule has 1 N–H and O–H groups in total. The van der Waals surface area contributed by atoms with Crippen molar-refractivity contribution < 1.29 is 13.9 Å². The summed E-state index contributed by atoms with van der Waals surface area (Å²) in [5, 5.41) is 3.04. The van der Waals surface area contributed by atoms with Crippen LogP contribution < -0.4 is 10.2 Å². The number of hydrogen-bond donors (Lipinski definition) is 1. The third kappa shape index (κ3) is 4.49. The van der Waals surface area contributed by atoms with Gasteiger partial charge < -0.3 is 19.5 Å². The molecule has 1 amide bonds. The van der Waals surface area contributed by atoms with Crippen molar-refractivity contribution in [2.45, 2.75) is 27.3 Å². The van der Waals surface area contributed by atoms with E-state index in [0.29, 0.717) is 25.5 Å². The summed E-state index contributed by atoms with van der Waals surface area (Å²) < 4.78 is 21.3. The Morgan fingerprint density at radius 2 is 1.81 bits per heavy atom. The van der Waals surface area contributed by atoms with Crippen LogP contribution >= 0.6 is 0 Å². The highest BCUT2D eigenvalue weighted by molar-refractivity contribution is 6.05. The molecular weight excluding hydrogens is 393 g/mol. The van der Waals surface area contributed by atoms with E-state index in [-0.39, 0.29) is 11.7 Å². The number of aryl methyl sites for hydroxylation is 1. The van der Waals surface area contributed by atoms with Gasteiger partial charge in [-0.2, -0.15) is 0 Å². The Balaban J connectivity index is 1.76. The zero-order valence-corrected chi connectivity index (χ0v) is 18.2. The zero-order valence-electron chi connectivity index (χ0n) is 18.2. The molecule has 0 unspecified atom stereocenters. The van der Waals surface area contributed by atoms with E-state index in [1.165, 1.54) is 12.1 Å². The summed E-state index contributed by atoms with van der Waals surface area (Å²) in [6.07, 6.45) is 0. The van der Waals surface area contributed by atoms with Gasteiger partial charge in [-0.15, -0.1) is 0 Å². The zero-order chi connectivity index (χ0) is 22.0. The van der Waals surface area contributed by atoms with Gasteiger partial charge >= 0.3 is 0 Å². The molecule has 1 aliphatic rings. The van der Waals surface area contributed by atoms with Crippen molar-refractivity contribution in [3.63, 3.8) is 0 Å². The second-order valence-corrected chi connectivity index (χ2v) is 8.05. The topological polar surface area (TPSA) is 46.5 Å². The number of halogens is 1. The minimum absolute atomic E-state index is 0.165. The summed E-state index contributed by atoms with van der Waals surface area (Å²) in [6, 6.07) is 14.3. The van der Waals surface area contributed by atoms with Crippen LogP contribution in [0.3, 0.4) is 0 Å². The highest BCUT2D eigenvalue weighted by Gasteiger charge is 2.27. The van der Waals surface area contributed by atoms with Gasteiger partial charge in [0.15, 0.2) is 0 Å². The normalized spacial score (nSPS) is 14.0. The molecule has 0 saturated carbocycles. The quantitative estimate of drug-likeness (QED) is 0.650. The number of morpholine rings is 1. The molecule has 31 heavy (non-hydrogen) atoms. The minimum Gasteiger partial charge on any atom is -0.378 e. The number of aromatic nitrogens is 1. The maximum atomic E-state index is 13.8. The molecule has 4 rings (SSSR count). The van der Waals surface area contributed by atoms with Crippen LogP contribution in [0.2, 0.25) is 0 Å². The number of nitrogens with one attached hydrogen (secondary N) is 1. The molecule has 2 aromatic carbocycles. The van der Waals surface area contributed by atoms with E-state index in [0.717, 1.165) is 46.8 Å². The van der Waals surface area contributed by atoms with Gasteiger partial charge in [0.25, 0.3) is 5.91 Å². The number of rotatable bonds is 5. The van der Waals surface area contributed by atoms with E-state index in [9.17, 15) is 9.18 Å². The largest absolute Gasteiger partial charge is 0.378 e. The van der Waals surface area contributed by atoms with Crippen molar-refractivity contribution in [1.29, 1.82) is 0 Å². The molecule has 1 aliphatic heterocycles. The number of amides is 1. The SMILES string of the molecule is Cc1cccc(NC(=O)c2c(C)c(N3CCOCC3)c(C)n2Cc2cccc(F)c2)c1. The van der Waals surface area contributed by atoms with Crippen LogP contribution in [0.5, 0.6) is 0 Å². The van der Waals surface area contributed by atoms with Gasteiger partial charge in [0.2, 0.25) is 0 Å². The third-order valence-corrected chi connectivity index (χ3v) is 5.78. The monoisotopic (exact) mass is 421 g/mol. The number of anilines is 2. The standard InChI is InChI=1S/C25H28FN3O2/c1-17-6-4-9-22(14-17)27-25(30)24-18(2)23(28-10-12-31-13-11-28)19(3)29(24)16-20-7-5-8-21(26)15-20/h4-9,14-15H,10-13,16H2,1-3H3,(H,27,30). The predicted octanol–water partition coefficient (Wildman–Crippen LogP) is 4.69. The fraction of sp³-hybridized carbons (Fsp3) is 0.320.